The number of rotatable bonds is 10. The van der Waals surface area contributed by atoms with Crippen LogP contribution in [0.5, 0.6) is 5.75 Å². The van der Waals surface area contributed by atoms with Crippen LogP contribution in [0.2, 0.25) is 0 Å². The minimum atomic E-state index is 0.454. The number of ether oxygens (including phenoxy) is 1. The number of aromatic nitrogens is 4. The van der Waals surface area contributed by atoms with Crippen molar-refractivity contribution >= 4 is 17.6 Å². The molecule has 9 heteroatoms. The van der Waals surface area contributed by atoms with E-state index in [9.17, 15) is 0 Å². The molecule has 35 heavy (non-hydrogen) atoms. The zero-order chi connectivity index (χ0) is 23.9. The maximum Gasteiger partial charge on any atom is 0.232 e. The second-order valence-corrected chi connectivity index (χ2v) is 8.41. The third-order valence-electron chi connectivity index (χ3n) is 5.96. The van der Waals surface area contributed by atoms with Crippen molar-refractivity contribution in [2.45, 2.75) is 19.3 Å². The molecule has 1 saturated heterocycles. The van der Waals surface area contributed by atoms with E-state index in [2.05, 4.69) is 35.5 Å². The first kappa shape index (κ1) is 22.8. The van der Waals surface area contributed by atoms with E-state index in [4.69, 9.17) is 9.15 Å². The predicted molar refractivity (Wildman–Crippen MR) is 136 cm³/mol. The van der Waals surface area contributed by atoms with Crippen molar-refractivity contribution in [3.8, 4) is 28.5 Å². The Hall–Kier alpha value is -3.98. The van der Waals surface area contributed by atoms with Crippen LogP contribution < -0.4 is 15.4 Å². The molecule has 0 amide bonds. The lowest BCUT2D eigenvalue weighted by Crippen LogP contribution is -2.22. The molecule has 9 nitrogen and oxygen atoms in total. The van der Waals surface area contributed by atoms with Gasteiger partial charge in [0.15, 0.2) is 18.0 Å². The lowest BCUT2D eigenvalue weighted by molar-refractivity contribution is 0.337. The summed E-state index contributed by atoms with van der Waals surface area (Å²) in [6.07, 6.45) is 6.71. The largest absolute Gasteiger partial charge is 0.496 e. The molecule has 5 rings (SSSR count). The molecule has 3 heterocycles. The molecule has 2 aromatic carbocycles. The molecule has 0 bridgehead atoms. The minimum absolute atomic E-state index is 0.454. The van der Waals surface area contributed by atoms with E-state index < -0.39 is 0 Å². The first-order valence-corrected chi connectivity index (χ1v) is 11.9. The Balaban J connectivity index is 1.35. The Bertz CT molecular complexity index is 1230. The monoisotopic (exact) mass is 471 g/mol. The van der Waals surface area contributed by atoms with Crippen LogP contribution in [0, 0.1) is 0 Å². The number of nitrogens with one attached hydrogen (secondary N) is 2. The van der Waals surface area contributed by atoms with Crippen molar-refractivity contribution in [3.05, 3.63) is 61.1 Å². The highest BCUT2D eigenvalue weighted by Crippen LogP contribution is 2.33. The van der Waals surface area contributed by atoms with Gasteiger partial charge in [0.25, 0.3) is 0 Å². The summed E-state index contributed by atoms with van der Waals surface area (Å²) in [5.74, 6) is 2.91. The third kappa shape index (κ3) is 5.75. The molecule has 180 valence electrons. The van der Waals surface area contributed by atoms with E-state index >= 15 is 0 Å². The van der Waals surface area contributed by atoms with Crippen molar-refractivity contribution in [1.82, 2.24) is 24.8 Å². The lowest BCUT2D eigenvalue weighted by Gasteiger charge is -2.15. The molecule has 2 N–H and O–H groups in total. The van der Waals surface area contributed by atoms with Crippen molar-refractivity contribution < 1.29 is 9.15 Å². The highest BCUT2D eigenvalue weighted by Gasteiger charge is 2.14. The molecule has 0 aliphatic carbocycles. The SMILES string of the molecule is COc1cc(Nc2nc(NCCCN3CCCC3)nc(-c3ccccc3)n2)ccc1-c1cnco1. The highest BCUT2D eigenvalue weighted by molar-refractivity contribution is 5.71. The molecular weight excluding hydrogens is 442 g/mol. The van der Waals surface area contributed by atoms with Crippen molar-refractivity contribution in [1.29, 1.82) is 0 Å². The Morgan fingerprint density at radius 2 is 1.83 bits per heavy atom. The quantitative estimate of drug-likeness (QED) is 0.314. The van der Waals surface area contributed by atoms with E-state index in [0.717, 1.165) is 36.3 Å². The van der Waals surface area contributed by atoms with Gasteiger partial charge in [-0.3, -0.25) is 0 Å². The summed E-state index contributed by atoms with van der Waals surface area (Å²) in [6, 6.07) is 15.6. The van der Waals surface area contributed by atoms with E-state index in [1.165, 1.54) is 32.3 Å². The number of methoxy groups -OCH3 is 1. The van der Waals surface area contributed by atoms with Crippen LogP contribution in [-0.2, 0) is 0 Å². The smallest absolute Gasteiger partial charge is 0.232 e. The molecule has 1 aliphatic heterocycles. The first-order chi connectivity index (χ1) is 17.3. The maximum atomic E-state index is 5.57. The number of benzene rings is 2. The molecule has 0 spiro atoms. The fourth-order valence-corrected chi connectivity index (χ4v) is 4.19. The Morgan fingerprint density at radius 3 is 2.60 bits per heavy atom. The number of nitrogens with zero attached hydrogens (tertiary/aromatic N) is 5. The fraction of sp³-hybridized carbons (Fsp3) is 0.308. The van der Waals surface area contributed by atoms with E-state index in [1.807, 2.05) is 48.5 Å². The second-order valence-electron chi connectivity index (χ2n) is 8.41. The molecule has 0 saturated carbocycles. The van der Waals surface area contributed by atoms with Crippen LogP contribution >= 0.6 is 0 Å². The maximum absolute atomic E-state index is 5.57. The van der Waals surface area contributed by atoms with Crippen LogP contribution in [0.4, 0.5) is 17.6 Å². The summed E-state index contributed by atoms with van der Waals surface area (Å²) >= 11 is 0. The van der Waals surface area contributed by atoms with E-state index in [1.54, 1.807) is 13.3 Å². The average Bonchev–Trinajstić information content (AvgIpc) is 3.62. The van der Waals surface area contributed by atoms with Gasteiger partial charge in [0, 0.05) is 23.9 Å². The number of likely N-dealkylation sites (tertiary alicyclic amines) is 1. The Kier molecular flexibility index (Phi) is 7.14. The predicted octanol–water partition coefficient (Wildman–Crippen LogP) is 4.84. The van der Waals surface area contributed by atoms with Gasteiger partial charge in [-0.15, -0.1) is 0 Å². The highest BCUT2D eigenvalue weighted by atomic mass is 16.5. The normalized spacial score (nSPS) is 13.6. The zero-order valence-corrected chi connectivity index (χ0v) is 19.8. The molecule has 0 atom stereocenters. The minimum Gasteiger partial charge on any atom is -0.496 e. The summed E-state index contributed by atoms with van der Waals surface area (Å²) in [7, 11) is 1.62. The Labute approximate surface area is 204 Å². The lowest BCUT2D eigenvalue weighted by atomic mass is 10.1. The number of hydrogen-bond donors (Lipinski definition) is 2. The summed E-state index contributed by atoms with van der Waals surface area (Å²) in [4.78, 5) is 20.5. The summed E-state index contributed by atoms with van der Waals surface area (Å²) in [6.45, 7) is 4.30. The standard InChI is InChI=1S/C26H29N7O2/c1-34-22-16-20(10-11-21(22)23-17-27-18-35-23)29-26-31-24(19-8-3-2-4-9-19)30-25(32-26)28-12-7-15-33-13-5-6-14-33/h2-4,8-11,16-18H,5-7,12-15H2,1H3,(H2,28,29,30,31,32). The third-order valence-corrected chi connectivity index (χ3v) is 5.96. The van der Waals surface area contributed by atoms with Crippen LogP contribution in [-0.4, -0.2) is 58.1 Å². The first-order valence-electron chi connectivity index (χ1n) is 11.9. The van der Waals surface area contributed by atoms with Crippen LogP contribution in [0.3, 0.4) is 0 Å². The number of hydrogen-bond acceptors (Lipinski definition) is 9. The fourth-order valence-electron chi connectivity index (χ4n) is 4.19. The van der Waals surface area contributed by atoms with Gasteiger partial charge in [-0.25, -0.2) is 4.98 Å². The topological polar surface area (TPSA) is 101 Å². The van der Waals surface area contributed by atoms with Crippen molar-refractivity contribution in [3.63, 3.8) is 0 Å². The van der Waals surface area contributed by atoms with Crippen LogP contribution in [0.15, 0.2) is 65.5 Å². The van der Waals surface area contributed by atoms with Gasteiger partial charge in [0.2, 0.25) is 11.9 Å². The molecule has 2 aromatic heterocycles. The number of anilines is 3. The van der Waals surface area contributed by atoms with Crippen molar-refractivity contribution in [2.75, 3.05) is 43.9 Å². The molecule has 4 aromatic rings. The average molecular weight is 472 g/mol. The number of oxazole rings is 1. The van der Waals surface area contributed by atoms with Gasteiger partial charge in [0.05, 0.1) is 18.9 Å². The Morgan fingerprint density at radius 1 is 1.00 bits per heavy atom. The van der Waals surface area contributed by atoms with Crippen LogP contribution in [0.1, 0.15) is 19.3 Å². The molecule has 1 fully saturated rings. The summed E-state index contributed by atoms with van der Waals surface area (Å²) in [5.41, 5.74) is 2.53. The van der Waals surface area contributed by atoms with Crippen molar-refractivity contribution in [2.24, 2.45) is 0 Å². The molecular formula is C26H29N7O2. The molecule has 0 unspecified atom stereocenters. The molecule has 1 aliphatic rings. The molecule has 0 radical (unpaired) electrons. The van der Waals surface area contributed by atoms with E-state index in [0.29, 0.717) is 29.2 Å². The van der Waals surface area contributed by atoms with Gasteiger partial charge in [-0.2, -0.15) is 15.0 Å². The van der Waals surface area contributed by atoms with Crippen LogP contribution in [0.25, 0.3) is 22.7 Å². The summed E-state index contributed by atoms with van der Waals surface area (Å²) < 4.78 is 11.0. The van der Waals surface area contributed by atoms with Gasteiger partial charge >= 0.3 is 0 Å². The second kappa shape index (κ2) is 11.0. The van der Waals surface area contributed by atoms with Gasteiger partial charge in [-0.1, -0.05) is 30.3 Å². The van der Waals surface area contributed by atoms with Gasteiger partial charge in [0.1, 0.15) is 5.75 Å². The van der Waals surface area contributed by atoms with Gasteiger partial charge < -0.3 is 24.7 Å². The van der Waals surface area contributed by atoms with E-state index in [-0.39, 0.29) is 0 Å². The summed E-state index contributed by atoms with van der Waals surface area (Å²) in [5, 5.41) is 6.68. The zero-order valence-electron chi connectivity index (χ0n) is 19.8. The van der Waals surface area contributed by atoms with Gasteiger partial charge in [-0.05, 0) is 51.0 Å².